The van der Waals surface area contributed by atoms with Crippen LogP contribution in [0.1, 0.15) is 42.7 Å². The molecule has 0 aromatic carbocycles. The van der Waals surface area contributed by atoms with Crippen molar-refractivity contribution in [1.82, 2.24) is 25.6 Å². The molecule has 2 aliphatic heterocycles. The van der Waals surface area contributed by atoms with Crippen molar-refractivity contribution >= 4 is 47.1 Å². The normalized spacial score (nSPS) is 13.4. The fourth-order valence-electron chi connectivity index (χ4n) is 5.74. The quantitative estimate of drug-likeness (QED) is 0.0442. The van der Waals surface area contributed by atoms with Crippen molar-refractivity contribution in [3.63, 3.8) is 0 Å². The van der Waals surface area contributed by atoms with Gasteiger partial charge in [0.25, 0.3) is 23.6 Å². The van der Waals surface area contributed by atoms with Gasteiger partial charge in [0.2, 0.25) is 5.91 Å². The number of rotatable bonds is 41. The first-order valence-electron chi connectivity index (χ1n) is 22.6. The maximum atomic E-state index is 13.1. The topological polar surface area (TPSA) is 269 Å². The average molecular weight is 952 g/mol. The van der Waals surface area contributed by atoms with Crippen LogP contribution < -0.4 is 16.4 Å². The van der Waals surface area contributed by atoms with Gasteiger partial charge in [-0.25, -0.2) is 10.1 Å². The van der Waals surface area contributed by atoms with Crippen LogP contribution in [-0.4, -0.2) is 215 Å². The summed E-state index contributed by atoms with van der Waals surface area (Å²) in [6.07, 6.45) is 6.20. The van der Waals surface area contributed by atoms with E-state index in [4.69, 9.17) is 57.9 Å². The Hall–Kier alpha value is -4.79. The van der Waals surface area contributed by atoms with Gasteiger partial charge in [0.15, 0.2) is 0 Å². The van der Waals surface area contributed by atoms with Gasteiger partial charge in [0.1, 0.15) is 12.4 Å². The van der Waals surface area contributed by atoms with E-state index in [2.05, 4.69) is 20.6 Å². The van der Waals surface area contributed by atoms with E-state index in [1.54, 1.807) is 12.1 Å². The molecule has 0 aliphatic carbocycles. The monoisotopic (exact) mass is 951 g/mol. The molecule has 1 aromatic heterocycles. The molecular formula is C44H69N7O16. The van der Waals surface area contributed by atoms with Crippen LogP contribution in [0, 0.1) is 0 Å². The number of nitrogens with two attached hydrogens (primary N) is 1. The number of pyridine rings is 1. The molecule has 23 heteroatoms. The fourth-order valence-corrected chi connectivity index (χ4v) is 5.74. The Bertz CT molecular complexity index is 1690. The van der Waals surface area contributed by atoms with Gasteiger partial charge in [-0.05, 0) is 25.5 Å². The number of hydrogen-bond acceptors (Lipinski definition) is 19. The highest BCUT2D eigenvalue weighted by Gasteiger charge is 2.26. The van der Waals surface area contributed by atoms with Crippen LogP contribution in [0.25, 0.3) is 6.08 Å². The van der Waals surface area contributed by atoms with Gasteiger partial charge < -0.3 is 63.7 Å². The zero-order valence-electron chi connectivity index (χ0n) is 38.9. The Labute approximate surface area is 391 Å². The number of nitrogens with one attached hydrogen (secondary N) is 2. The summed E-state index contributed by atoms with van der Waals surface area (Å²) in [5, 5.41) is 6.71. The average Bonchev–Trinajstić information content (AvgIpc) is 3.52. The van der Waals surface area contributed by atoms with Gasteiger partial charge in [0.05, 0.1) is 156 Å². The van der Waals surface area contributed by atoms with Crippen molar-refractivity contribution in [2.45, 2.75) is 26.7 Å². The molecule has 23 nitrogen and oxygen atoms in total. The Balaban J connectivity index is 0.998. The number of carbonyl (C=O) groups excluding carboxylic acids is 5. The number of ether oxygens (including phenoxy) is 10. The first-order valence-corrected chi connectivity index (χ1v) is 22.6. The lowest BCUT2D eigenvalue weighted by atomic mass is 10.1. The molecule has 0 saturated carbocycles. The van der Waals surface area contributed by atoms with E-state index in [0.29, 0.717) is 161 Å². The first kappa shape index (κ1) is 56.5. The second-order valence-electron chi connectivity index (χ2n) is 14.2. The summed E-state index contributed by atoms with van der Waals surface area (Å²) in [6, 6.07) is 1.59. The predicted octanol–water partition coefficient (Wildman–Crippen LogP) is -0.0155. The minimum absolute atomic E-state index is 0.136. The van der Waals surface area contributed by atoms with Crippen LogP contribution in [0.3, 0.4) is 0 Å². The number of carbonyl (C=O) groups is 5. The number of imide groups is 1. The highest BCUT2D eigenvalue weighted by molar-refractivity contribution is 6.14. The van der Waals surface area contributed by atoms with Crippen molar-refractivity contribution in [2.75, 3.05) is 165 Å². The Morgan fingerprint density at radius 1 is 0.657 bits per heavy atom. The molecule has 67 heavy (non-hydrogen) atoms. The van der Waals surface area contributed by atoms with Crippen LogP contribution in [-0.2, 0) is 71.4 Å². The summed E-state index contributed by atoms with van der Waals surface area (Å²) in [5.74, 6) is -1.84. The van der Waals surface area contributed by atoms with E-state index in [1.807, 2.05) is 13.8 Å². The van der Waals surface area contributed by atoms with Crippen molar-refractivity contribution in [1.29, 1.82) is 0 Å². The molecule has 3 rings (SSSR count). The molecule has 3 heterocycles. The van der Waals surface area contributed by atoms with Gasteiger partial charge in [-0.2, -0.15) is 0 Å². The molecule has 1 aromatic rings. The molecule has 0 fully saturated rings. The lowest BCUT2D eigenvalue weighted by molar-refractivity contribution is -0.180. The van der Waals surface area contributed by atoms with Crippen molar-refractivity contribution < 1.29 is 76.2 Å². The highest BCUT2D eigenvalue weighted by atomic mass is 16.7. The summed E-state index contributed by atoms with van der Waals surface area (Å²) in [7, 11) is 0. The second kappa shape index (κ2) is 36.3. The van der Waals surface area contributed by atoms with E-state index in [0.717, 1.165) is 23.5 Å². The standard InChI is InChI=1S/C44H69N7O16/c1-3-9-51(67-4-2)44(56)35-30-37-38(49-39(45)32-35)31-36(33-48-37)43(55)47-8-11-58-13-15-60-17-19-62-21-23-64-25-27-66-29-28-65-26-24-63-22-20-61-18-16-59-14-12-57-10-7-46-40(52)34-50-41(53)5-6-42(50)54/h5-6,30-31,33H,3-4,7-29,32,34H2,1-2H3,(H2,45,49)(H,46,52)(H,47,55). The summed E-state index contributed by atoms with van der Waals surface area (Å²) in [5.41, 5.74) is 7.66. The number of fused-ring (bicyclic) bond motifs is 1. The predicted molar refractivity (Wildman–Crippen MR) is 241 cm³/mol. The summed E-state index contributed by atoms with van der Waals surface area (Å²) in [4.78, 5) is 75.7. The number of hydroxylamine groups is 2. The summed E-state index contributed by atoms with van der Waals surface area (Å²) in [6.45, 7) is 12.9. The number of amides is 5. The first-order chi connectivity index (χ1) is 32.7. The van der Waals surface area contributed by atoms with Crippen LogP contribution in [0.2, 0.25) is 0 Å². The number of hydrogen-bond donors (Lipinski definition) is 3. The van der Waals surface area contributed by atoms with Crippen molar-refractivity contribution in [2.24, 2.45) is 10.7 Å². The number of nitrogens with zero attached hydrogens (tertiary/aromatic N) is 4. The lowest BCUT2D eigenvalue weighted by Gasteiger charge is -2.21. The molecule has 0 atom stereocenters. The minimum atomic E-state index is -0.499. The fraction of sp³-hybridized carbons (Fsp3) is 0.659. The molecule has 0 radical (unpaired) electrons. The van der Waals surface area contributed by atoms with Gasteiger partial charge >= 0.3 is 0 Å². The Kier molecular flexibility index (Phi) is 30.6. The summed E-state index contributed by atoms with van der Waals surface area (Å²) >= 11 is 0. The van der Waals surface area contributed by atoms with Crippen LogP contribution in [0.4, 0.5) is 5.69 Å². The van der Waals surface area contributed by atoms with Gasteiger partial charge in [-0.1, -0.05) is 6.92 Å². The molecule has 2 aliphatic rings. The second-order valence-corrected chi connectivity index (χ2v) is 14.2. The van der Waals surface area contributed by atoms with Crippen LogP contribution in [0.15, 0.2) is 35.0 Å². The maximum Gasteiger partial charge on any atom is 0.273 e. The van der Waals surface area contributed by atoms with Gasteiger partial charge in [-0.3, -0.25) is 38.7 Å². The van der Waals surface area contributed by atoms with Gasteiger partial charge in [0, 0.05) is 50.0 Å². The third-order valence-electron chi connectivity index (χ3n) is 8.97. The third-order valence-corrected chi connectivity index (χ3v) is 8.97. The molecule has 0 bridgehead atoms. The minimum Gasteiger partial charge on any atom is -0.387 e. The molecule has 0 saturated heterocycles. The maximum absolute atomic E-state index is 13.1. The molecule has 0 unspecified atom stereocenters. The molecular weight excluding hydrogens is 883 g/mol. The number of aromatic nitrogens is 1. The largest absolute Gasteiger partial charge is 0.387 e. The van der Waals surface area contributed by atoms with E-state index in [9.17, 15) is 24.0 Å². The molecule has 4 N–H and O–H groups in total. The van der Waals surface area contributed by atoms with E-state index in [-0.39, 0.29) is 50.3 Å². The SMILES string of the molecule is CCCN(OCC)C(=O)C1=Cc2ncc(C(=O)NCCOCCOCCOCCOCCOCCOCCOCCOCCOCCOCCNC(=O)CN3C(=O)C=CC3=O)cc2N=C(N)C1. The lowest BCUT2D eigenvalue weighted by Crippen LogP contribution is -2.41. The van der Waals surface area contributed by atoms with Crippen molar-refractivity contribution in [3.8, 4) is 0 Å². The van der Waals surface area contributed by atoms with E-state index in [1.165, 1.54) is 11.3 Å². The van der Waals surface area contributed by atoms with Crippen LogP contribution >= 0.6 is 0 Å². The zero-order chi connectivity index (χ0) is 48.2. The van der Waals surface area contributed by atoms with Gasteiger partial charge in [-0.15, -0.1) is 0 Å². The Morgan fingerprint density at radius 3 is 1.52 bits per heavy atom. The molecule has 376 valence electrons. The third kappa shape index (κ3) is 25.2. The summed E-state index contributed by atoms with van der Waals surface area (Å²) < 4.78 is 54.8. The van der Waals surface area contributed by atoms with Crippen LogP contribution in [0.5, 0.6) is 0 Å². The van der Waals surface area contributed by atoms with E-state index < -0.39 is 17.7 Å². The number of aliphatic imine (C=N–C) groups is 1. The highest BCUT2D eigenvalue weighted by Crippen LogP contribution is 2.26. The van der Waals surface area contributed by atoms with Crippen molar-refractivity contribution in [3.05, 3.63) is 41.2 Å². The zero-order valence-corrected chi connectivity index (χ0v) is 38.9. The molecule has 5 amide bonds. The number of amidine groups is 1. The smallest absolute Gasteiger partial charge is 0.273 e. The Morgan fingerprint density at radius 2 is 1.09 bits per heavy atom. The van der Waals surface area contributed by atoms with E-state index >= 15 is 0 Å². The molecule has 0 spiro atoms.